The molecule has 286 valence electrons. The molecule has 0 spiro atoms. The molecule has 0 aliphatic carbocycles. The number of hydrogen-bond acceptors (Lipinski definition) is 2. The molecule has 1 aliphatic heterocycles. The van der Waals surface area contributed by atoms with Crippen LogP contribution in [-0.4, -0.2) is 4.57 Å². The summed E-state index contributed by atoms with van der Waals surface area (Å²) in [6, 6.07) is 81.5. The zero-order valence-corrected chi connectivity index (χ0v) is 33.7. The highest BCUT2D eigenvalue weighted by Crippen LogP contribution is 2.52. The van der Waals surface area contributed by atoms with Crippen LogP contribution in [0.4, 0.5) is 34.1 Å². The summed E-state index contributed by atoms with van der Waals surface area (Å²) in [6.45, 7) is 4.69. The second-order valence-corrected chi connectivity index (χ2v) is 16.2. The minimum atomic E-state index is -0.138. The average Bonchev–Trinajstić information content (AvgIpc) is 3.64. The van der Waals surface area contributed by atoms with E-state index >= 15 is 0 Å². The van der Waals surface area contributed by atoms with Crippen molar-refractivity contribution >= 4 is 55.9 Å². The zero-order valence-electron chi connectivity index (χ0n) is 33.7. The first-order valence-electron chi connectivity index (χ1n) is 20.8. The van der Waals surface area contributed by atoms with E-state index in [9.17, 15) is 0 Å². The van der Waals surface area contributed by atoms with Crippen molar-refractivity contribution in [3.63, 3.8) is 0 Å². The third-order valence-corrected chi connectivity index (χ3v) is 12.4. The quantitative estimate of drug-likeness (QED) is 0.160. The van der Waals surface area contributed by atoms with Crippen molar-refractivity contribution in [2.75, 3.05) is 9.80 Å². The Kier molecular flexibility index (Phi) is 8.49. The minimum Gasteiger partial charge on any atom is -0.311 e. The van der Waals surface area contributed by atoms with Crippen molar-refractivity contribution in [1.82, 2.24) is 4.57 Å². The van der Waals surface area contributed by atoms with Gasteiger partial charge in [-0.05, 0) is 124 Å². The van der Waals surface area contributed by atoms with E-state index in [1.54, 1.807) is 0 Å². The van der Waals surface area contributed by atoms with Crippen molar-refractivity contribution in [1.29, 1.82) is 0 Å². The summed E-state index contributed by atoms with van der Waals surface area (Å²) in [5.74, 6) is 0. The van der Waals surface area contributed by atoms with Crippen LogP contribution in [0.2, 0.25) is 0 Å². The topological polar surface area (TPSA) is 11.4 Å². The lowest BCUT2D eigenvalue weighted by atomic mass is 9.73. The van der Waals surface area contributed by atoms with Crippen LogP contribution in [0.3, 0.4) is 0 Å². The predicted octanol–water partition coefficient (Wildman–Crippen LogP) is 15.7. The lowest BCUT2D eigenvalue weighted by Gasteiger charge is -2.42. The van der Waals surface area contributed by atoms with Crippen LogP contribution in [0, 0.1) is 0 Å². The Bertz CT molecular complexity index is 3150. The average molecular weight is 770 g/mol. The van der Waals surface area contributed by atoms with Gasteiger partial charge in [-0.1, -0.05) is 147 Å². The fourth-order valence-corrected chi connectivity index (χ4v) is 9.39. The highest BCUT2D eigenvalue weighted by Gasteiger charge is 2.36. The lowest BCUT2D eigenvalue weighted by Crippen LogP contribution is -2.30. The Morgan fingerprint density at radius 3 is 1.52 bits per heavy atom. The molecular weight excluding hydrogens is 727 g/mol. The molecule has 0 fully saturated rings. The zero-order chi connectivity index (χ0) is 40.2. The SMILES string of the molecule is CC1(C)c2ccccc2N(c2ccccc2)c2cc(-c3ccc(N(c4ccccc4)c4ccc(-c5ccc6c(c5)c5ccccc5n6-c5ccccc5)cc4)cc3)ccc21. The Balaban J connectivity index is 0.943. The van der Waals surface area contributed by atoms with Crippen LogP contribution in [0.1, 0.15) is 25.0 Å². The maximum atomic E-state index is 2.43. The molecule has 0 saturated heterocycles. The van der Waals surface area contributed by atoms with Gasteiger partial charge in [-0.25, -0.2) is 0 Å². The van der Waals surface area contributed by atoms with E-state index in [0.717, 1.165) is 22.7 Å². The van der Waals surface area contributed by atoms with E-state index < -0.39 is 0 Å². The molecule has 0 radical (unpaired) electrons. The first-order valence-corrected chi connectivity index (χ1v) is 20.8. The molecule has 0 unspecified atom stereocenters. The van der Waals surface area contributed by atoms with Crippen LogP contribution in [-0.2, 0) is 5.41 Å². The molecule has 10 aromatic rings. The van der Waals surface area contributed by atoms with Gasteiger partial charge in [-0.15, -0.1) is 0 Å². The van der Waals surface area contributed by atoms with Gasteiger partial charge in [0.15, 0.2) is 0 Å². The van der Waals surface area contributed by atoms with Crippen LogP contribution in [0.15, 0.2) is 224 Å². The summed E-state index contributed by atoms with van der Waals surface area (Å²) in [4.78, 5) is 4.77. The number of para-hydroxylation sites is 5. The summed E-state index contributed by atoms with van der Waals surface area (Å²) in [6.07, 6.45) is 0. The van der Waals surface area contributed by atoms with Crippen molar-refractivity contribution in [3.8, 4) is 27.9 Å². The second-order valence-electron chi connectivity index (χ2n) is 16.2. The normalized spacial score (nSPS) is 12.9. The molecule has 0 bridgehead atoms. The van der Waals surface area contributed by atoms with Gasteiger partial charge in [0, 0.05) is 44.6 Å². The van der Waals surface area contributed by atoms with Crippen molar-refractivity contribution < 1.29 is 0 Å². The van der Waals surface area contributed by atoms with E-state index in [0.29, 0.717) is 0 Å². The second kappa shape index (κ2) is 14.3. The number of fused-ring (bicyclic) bond motifs is 5. The molecule has 2 heterocycles. The summed E-state index contributed by atoms with van der Waals surface area (Å²) in [7, 11) is 0. The fourth-order valence-electron chi connectivity index (χ4n) is 9.39. The summed E-state index contributed by atoms with van der Waals surface area (Å²) in [5, 5.41) is 2.51. The van der Waals surface area contributed by atoms with Crippen LogP contribution >= 0.6 is 0 Å². The molecule has 3 nitrogen and oxygen atoms in total. The van der Waals surface area contributed by atoms with E-state index in [-0.39, 0.29) is 5.41 Å². The van der Waals surface area contributed by atoms with Gasteiger partial charge in [0.2, 0.25) is 0 Å². The monoisotopic (exact) mass is 769 g/mol. The third-order valence-electron chi connectivity index (χ3n) is 12.4. The van der Waals surface area contributed by atoms with Gasteiger partial charge in [-0.2, -0.15) is 0 Å². The summed E-state index contributed by atoms with van der Waals surface area (Å²) in [5.41, 5.74) is 17.8. The van der Waals surface area contributed by atoms with Gasteiger partial charge in [0.1, 0.15) is 0 Å². The van der Waals surface area contributed by atoms with E-state index in [1.807, 2.05) is 0 Å². The molecule has 0 amide bonds. The molecular formula is C57H43N3. The number of benzene rings is 9. The highest BCUT2D eigenvalue weighted by molar-refractivity contribution is 6.10. The third kappa shape index (κ3) is 5.89. The minimum absolute atomic E-state index is 0.138. The van der Waals surface area contributed by atoms with Gasteiger partial charge in [0.25, 0.3) is 0 Å². The lowest BCUT2D eigenvalue weighted by molar-refractivity contribution is 0.632. The van der Waals surface area contributed by atoms with Crippen molar-refractivity contribution in [2.24, 2.45) is 0 Å². The number of nitrogens with zero attached hydrogens (tertiary/aromatic N) is 3. The Morgan fingerprint density at radius 2 is 0.833 bits per heavy atom. The molecule has 0 N–H and O–H groups in total. The van der Waals surface area contributed by atoms with Crippen LogP contribution in [0.5, 0.6) is 0 Å². The first-order chi connectivity index (χ1) is 29.5. The Morgan fingerprint density at radius 1 is 0.350 bits per heavy atom. The summed E-state index contributed by atoms with van der Waals surface area (Å²) >= 11 is 0. The standard InChI is InChI=1S/C57H43N3/c1-57(2)51-23-13-15-25-55(51)60(46-20-10-5-11-21-46)56-39-43(30-36-52(56)57)41-28-34-48(35-29-41)58(44-16-6-3-7-17-44)47-32-26-40(27-33-47)42-31-37-54-50(38-42)49-22-12-14-24-53(49)59(54)45-18-8-4-9-19-45/h3-39H,1-2H3. The fraction of sp³-hybridized carbons (Fsp3) is 0.0526. The molecule has 1 aliphatic rings. The molecule has 9 aromatic carbocycles. The maximum absolute atomic E-state index is 2.43. The van der Waals surface area contributed by atoms with Gasteiger partial charge < -0.3 is 14.4 Å². The Hall–Kier alpha value is -7.62. The maximum Gasteiger partial charge on any atom is 0.0541 e. The largest absolute Gasteiger partial charge is 0.311 e. The molecule has 11 rings (SSSR count). The number of rotatable bonds is 7. The number of anilines is 6. The van der Waals surface area contributed by atoms with E-state index in [4.69, 9.17) is 0 Å². The smallest absolute Gasteiger partial charge is 0.0541 e. The van der Waals surface area contributed by atoms with Crippen LogP contribution < -0.4 is 9.80 Å². The molecule has 3 heteroatoms. The first kappa shape index (κ1) is 35.5. The predicted molar refractivity (Wildman–Crippen MR) is 253 cm³/mol. The van der Waals surface area contributed by atoms with Gasteiger partial charge >= 0.3 is 0 Å². The molecule has 0 saturated carbocycles. The van der Waals surface area contributed by atoms with Crippen molar-refractivity contribution in [3.05, 3.63) is 236 Å². The molecule has 60 heavy (non-hydrogen) atoms. The van der Waals surface area contributed by atoms with Crippen LogP contribution in [0.25, 0.3) is 49.7 Å². The highest BCUT2D eigenvalue weighted by atomic mass is 15.2. The van der Waals surface area contributed by atoms with E-state index in [1.165, 1.54) is 72.2 Å². The Labute approximate surface area is 351 Å². The summed E-state index contributed by atoms with van der Waals surface area (Å²) < 4.78 is 2.37. The molecule has 1 aromatic heterocycles. The number of aromatic nitrogens is 1. The van der Waals surface area contributed by atoms with Gasteiger partial charge in [0.05, 0.1) is 22.4 Å². The van der Waals surface area contributed by atoms with Crippen molar-refractivity contribution in [2.45, 2.75) is 19.3 Å². The number of hydrogen-bond donors (Lipinski definition) is 0. The van der Waals surface area contributed by atoms with E-state index in [2.05, 4.69) is 253 Å². The van der Waals surface area contributed by atoms with Gasteiger partial charge in [-0.3, -0.25) is 0 Å². The molecule has 0 atom stereocenters.